The van der Waals surface area contributed by atoms with Crippen LogP contribution in [0.15, 0.2) is 60.0 Å². The Morgan fingerprint density at radius 1 is 1.05 bits per heavy atom. The number of nitrogens with zero attached hydrogens (tertiary/aromatic N) is 1. The van der Waals surface area contributed by atoms with Crippen molar-refractivity contribution in [3.63, 3.8) is 0 Å². The van der Waals surface area contributed by atoms with Gasteiger partial charge in [0.25, 0.3) is 0 Å². The molecule has 0 spiro atoms. The fourth-order valence-electron chi connectivity index (χ4n) is 2.20. The first-order valence-corrected chi connectivity index (χ1v) is 7.48. The van der Waals surface area contributed by atoms with Gasteiger partial charge in [0.05, 0.1) is 5.69 Å². The first kappa shape index (κ1) is 12.9. The summed E-state index contributed by atoms with van der Waals surface area (Å²) in [6.07, 6.45) is 0. The topological polar surface area (TPSA) is 38.9 Å². The monoisotopic (exact) mass is 280 g/mol. The van der Waals surface area contributed by atoms with E-state index in [1.807, 2.05) is 30.3 Å². The minimum absolute atomic E-state index is 0.316. The molecule has 1 unspecified atom stereocenters. The van der Waals surface area contributed by atoms with E-state index in [-0.39, 0.29) is 0 Å². The average Bonchev–Trinajstić information content (AvgIpc) is 2.97. The van der Waals surface area contributed by atoms with E-state index in [9.17, 15) is 0 Å². The zero-order valence-electron chi connectivity index (χ0n) is 11.3. The zero-order chi connectivity index (χ0) is 13.9. The van der Waals surface area contributed by atoms with Crippen molar-refractivity contribution in [1.82, 2.24) is 4.98 Å². The lowest BCUT2D eigenvalue weighted by Crippen LogP contribution is -1.95. The van der Waals surface area contributed by atoms with Crippen molar-refractivity contribution in [2.45, 2.75) is 12.8 Å². The molecule has 0 saturated carbocycles. The fourth-order valence-corrected chi connectivity index (χ4v) is 3.11. The number of hydrogen-bond donors (Lipinski definition) is 1. The summed E-state index contributed by atoms with van der Waals surface area (Å²) >= 11 is 1.70. The standard InChI is InChI=1S/C17H16N2S/c1-12(13-6-3-2-4-7-13)17-19-16(11-20-17)14-8-5-9-15(18)10-14/h2-12H,18H2,1H3. The summed E-state index contributed by atoms with van der Waals surface area (Å²) in [6.45, 7) is 2.19. The van der Waals surface area contributed by atoms with E-state index in [0.717, 1.165) is 22.0 Å². The number of aromatic nitrogens is 1. The number of nitrogen functional groups attached to an aromatic ring is 1. The molecular weight excluding hydrogens is 264 g/mol. The Morgan fingerprint density at radius 2 is 1.85 bits per heavy atom. The lowest BCUT2D eigenvalue weighted by Gasteiger charge is -2.07. The van der Waals surface area contributed by atoms with Crippen LogP contribution in [0, 0.1) is 0 Å². The largest absolute Gasteiger partial charge is 0.399 e. The molecule has 3 aromatic rings. The van der Waals surface area contributed by atoms with Crippen molar-refractivity contribution in [3.8, 4) is 11.3 Å². The van der Waals surface area contributed by atoms with Gasteiger partial charge in [-0.05, 0) is 17.7 Å². The van der Waals surface area contributed by atoms with Crippen molar-refractivity contribution in [1.29, 1.82) is 0 Å². The number of benzene rings is 2. The van der Waals surface area contributed by atoms with Crippen molar-refractivity contribution < 1.29 is 0 Å². The van der Waals surface area contributed by atoms with Crippen LogP contribution in [0.25, 0.3) is 11.3 Å². The molecule has 0 aliphatic carbocycles. The molecule has 0 fully saturated rings. The Kier molecular flexibility index (Phi) is 3.52. The number of hydrogen-bond acceptors (Lipinski definition) is 3. The summed E-state index contributed by atoms with van der Waals surface area (Å²) in [5.74, 6) is 0.316. The van der Waals surface area contributed by atoms with Crippen LogP contribution < -0.4 is 5.73 Å². The summed E-state index contributed by atoms with van der Waals surface area (Å²) in [4.78, 5) is 4.76. The van der Waals surface area contributed by atoms with Gasteiger partial charge in [0.15, 0.2) is 0 Å². The summed E-state index contributed by atoms with van der Waals surface area (Å²) < 4.78 is 0. The molecule has 0 bridgehead atoms. The predicted molar refractivity (Wildman–Crippen MR) is 85.9 cm³/mol. The second-order valence-corrected chi connectivity index (χ2v) is 5.72. The molecular formula is C17H16N2S. The van der Waals surface area contributed by atoms with Gasteiger partial charge in [0.1, 0.15) is 5.01 Å². The Balaban J connectivity index is 1.91. The molecule has 0 saturated heterocycles. The maximum atomic E-state index is 5.83. The first-order chi connectivity index (χ1) is 9.74. The van der Waals surface area contributed by atoms with Gasteiger partial charge >= 0.3 is 0 Å². The second kappa shape index (κ2) is 5.47. The summed E-state index contributed by atoms with van der Waals surface area (Å²) in [5.41, 5.74) is 9.97. The molecule has 0 aliphatic heterocycles. The maximum Gasteiger partial charge on any atom is 0.100 e. The van der Waals surface area contributed by atoms with Gasteiger partial charge in [-0.1, -0.05) is 49.4 Å². The van der Waals surface area contributed by atoms with E-state index in [4.69, 9.17) is 10.7 Å². The van der Waals surface area contributed by atoms with Crippen LogP contribution in [0.5, 0.6) is 0 Å². The highest BCUT2D eigenvalue weighted by atomic mass is 32.1. The normalized spacial score (nSPS) is 12.2. The van der Waals surface area contributed by atoms with Gasteiger partial charge in [0.2, 0.25) is 0 Å². The minimum Gasteiger partial charge on any atom is -0.399 e. The van der Waals surface area contributed by atoms with E-state index >= 15 is 0 Å². The van der Waals surface area contributed by atoms with Crippen LogP contribution in [0.2, 0.25) is 0 Å². The summed E-state index contributed by atoms with van der Waals surface area (Å²) in [6, 6.07) is 18.3. The van der Waals surface area contributed by atoms with Crippen LogP contribution in [0.4, 0.5) is 5.69 Å². The number of thiazole rings is 1. The SMILES string of the molecule is CC(c1ccccc1)c1nc(-c2cccc(N)c2)cs1. The lowest BCUT2D eigenvalue weighted by molar-refractivity contribution is 0.906. The van der Waals surface area contributed by atoms with Crippen LogP contribution in [-0.2, 0) is 0 Å². The van der Waals surface area contributed by atoms with E-state index in [2.05, 4.69) is 36.6 Å². The van der Waals surface area contributed by atoms with Crippen LogP contribution in [-0.4, -0.2) is 4.98 Å². The quantitative estimate of drug-likeness (QED) is 0.715. The third-order valence-electron chi connectivity index (χ3n) is 3.37. The first-order valence-electron chi connectivity index (χ1n) is 6.60. The third kappa shape index (κ3) is 2.58. The van der Waals surface area contributed by atoms with Gasteiger partial charge in [-0.3, -0.25) is 0 Å². The zero-order valence-corrected chi connectivity index (χ0v) is 12.1. The Labute approximate surface area is 122 Å². The molecule has 100 valence electrons. The van der Waals surface area contributed by atoms with Crippen molar-refractivity contribution in [2.24, 2.45) is 0 Å². The highest BCUT2D eigenvalue weighted by Crippen LogP contribution is 2.30. The Morgan fingerprint density at radius 3 is 2.60 bits per heavy atom. The second-order valence-electron chi connectivity index (χ2n) is 4.83. The van der Waals surface area contributed by atoms with Gasteiger partial charge in [-0.15, -0.1) is 11.3 Å². The Bertz CT molecular complexity index is 704. The third-order valence-corrected chi connectivity index (χ3v) is 4.40. The molecule has 0 amide bonds. The van der Waals surface area contributed by atoms with E-state index < -0.39 is 0 Å². The maximum absolute atomic E-state index is 5.83. The van der Waals surface area contributed by atoms with E-state index in [0.29, 0.717) is 5.92 Å². The molecule has 1 heterocycles. The van der Waals surface area contributed by atoms with Crippen LogP contribution in [0.1, 0.15) is 23.4 Å². The molecule has 3 rings (SSSR count). The van der Waals surface area contributed by atoms with Gasteiger partial charge in [-0.2, -0.15) is 0 Å². The average molecular weight is 280 g/mol. The van der Waals surface area contributed by atoms with Crippen LogP contribution >= 0.6 is 11.3 Å². The Hall–Kier alpha value is -2.13. The molecule has 20 heavy (non-hydrogen) atoms. The van der Waals surface area contributed by atoms with Crippen molar-refractivity contribution in [3.05, 3.63) is 70.5 Å². The fraction of sp³-hybridized carbons (Fsp3) is 0.118. The van der Waals surface area contributed by atoms with Crippen LogP contribution in [0.3, 0.4) is 0 Å². The summed E-state index contributed by atoms with van der Waals surface area (Å²) in [5, 5.41) is 3.23. The van der Waals surface area contributed by atoms with E-state index in [1.165, 1.54) is 5.56 Å². The number of anilines is 1. The lowest BCUT2D eigenvalue weighted by atomic mass is 10.0. The molecule has 0 radical (unpaired) electrons. The van der Waals surface area contributed by atoms with Gasteiger partial charge in [-0.25, -0.2) is 4.98 Å². The molecule has 2 aromatic carbocycles. The molecule has 1 aromatic heterocycles. The molecule has 2 nitrogen and oxygen atoms in total. The number of rotatable bonds is 3. The minimum atomic E-state index is 0.316. The van der Waals surface area contributed by atoms with Crippen molar-refractivity contribution >= 4 is 17.0 Å². The molecule has 0 aliphatic rings. The molecule has 2 N–H and O–H groups in total. The summed E-state index contributed by atoms with van der Waals surface area (Å²) in [7, 11) is 0. The predicted octanol–water partition coefficient (Wildman–Crippen LogP) is 4.54. The van der Waals surface area contributed by atoms with Gasteiger partial charge < -0.3 is 5.73 Å². The van der Waals surface area contributed by atoms with E-state index in [1.54, 1.807) is 11.3 Å². The van der Waals surface area contributed by atoms with Crippen molar-refractivity contribution in [2.75, 3.05) is 5.73 Å². The highest BCUT2D eigenvalue weighted by Gasteiger charge is 2.13. The molecule has 3 heteroatoms. The highest BCUT2D eigenvalue weighted by molar-refractivity contribution is 7.10. The molecule has 1 atom stereocenters. The number of nitrogens with two attached hydrogens (primary N) is 1. The smallest absolute Gasteiger partial charge is 0.100 e. The van der Waals surface area contributed by atoms with Gasteiger partial charge in [0, 0.05) is 22.5 Å².